The number of rotatable bonds is 6. The summed E-state index contributed by atoms with van der Waals surface area (Å²) in [6.07, 6.45) is 0.875. The van der Waals surface area contributed by atoms with Crippen molar-refractivity contribution < 1.29 is 9.59 Å². The molecule has 2 heterocycles. The maximum absolute atomic E-state index is 12.5. The van der Waals surface area contributed by atoms with Gasteiger partial charge in [-0.1, -0.05) is 25.1 Å². The molecule has 3 N–H and O–H groups in total. The molecule has 29 heavy (non-hydrogen) atoms. The zero-order valence-electron chi connectivity index (χ0n) is 16.3. The van der Waals surface area contributed by atoms with Gasteiger partial charge in [-0.25, -0.2) is 4.98 Å². The highest BCUT2D eigenvalue weighted by atomic mass is 35.5. The molecule has 2 amide bonds. The highest BCUT2D eigenvalue weighted by Gasteiger charge is 2.24. The fourth-order valence-corrected chi connectivity index (χ4v) is 3.77. The number of nitrogens with one attached hydrogen (secondary N) is 1. The predicted molar refractivity (Wildman–Crippen MR) is 121 cm³/mol. The molecule has 1 saturated heterocycles. The summed E-state index contributed by atoms with van der Waals surface area (Å²) in [5.41, 5.74) is 8.02. The van der Waals surface area contributed by atoms with Crippen molar-refractivity contribution in [3.05, 3.63) is 45.9 Å². The van der Waals surface area contributed by atoms with E-state index in [1.807, 2.05) is 24.3 Å². The van der Waals surface area contributed by atoms with Crippen LogP contribution in [0.2, 0.25) is 0 Å². The van der Waals surface area contributed by atoms with E-state index in [1.165, 1.54) is 11.3 Å². The second-order valence-corrected chi connectivity index (χ2v) is 7.40. The number of aryl methyl sites for hydroxylation is 1. The molecular weight excluding hydrogens is 433 g/mol. The van der Waals surface area contributed by atoms with Crippen molar-refractivity contribution in [2.45, 2.75) is 19.9 Å². The van der Waals surface area contributed by atoms with E-state index in [0.29, 0.717) is 45.0 Å². The monoisotopic (exact) mass is 459 g/mol. The standard InChI is InChI=1S/C19H25N5O2S.2ClH/c1-2-14-5-3-4-6-15(14)21-17(25)12-23-7-9-24(10-8-23)19(26)16-13-27-18(11-20)22-16;;/h3-6,13H,2,7-12,20H2,1H3,(H,21,25);2*1H. The van der Waals surface area contributed by atoms with Crippen molar-refractivity contribution in [2.24, 2.45) is 5.73 Å². The molecule has 0 spiro atoms. The molecule has 1 aromatic heterocycles. The first kappa shape index (κ1) is 25.3. The molecule has 160 valence electrons. The number of para-hydroxylation sites is 1. The van der Waals surface area contributed by atoms with Gasteiger partial charge in [0, 0.05) is 43.8 Å². The van der Waals surface area contributed by atoms with Crippen molar-refractivity contribution >= 4 is 53.7 Å². The fraction of sp³-hybridized carbons (Fsp3) is 0.421. The second-order valence-electron chi connectivity index (χ2n) is 6.46. The topological polar surface area (TPSA) is 91.6 Å². The Morgan fingerprint density at radius 2 is 1.86 bits per heavy atom. The molecule has 1 fully saturated rings. The summed E-state index contributed by atoms with van der Waals surface area (Å²) in [6, 6.07) is 7.85. The molecule has 1 aliphatic rings. The summed E-state index contributed by atoms with van der Waals surface area (Å²) >= 11 is 1.41. The van der Waals surface area contributed by atoms with Gasteiger partial charge in [-0.3, -0.25) is 14.5 Å². The number of benzene rings is 1. The van der Waals surface area contributed by atoms with Crippen molar-refractivity contribution in [1.82, 2.24) is 14.8 Å². The number of hydrogen-bond acceptors (Lipinski definition) is 6. The largest absolute Gasteiger partial charge is 0.335 e. The molecule has 0 atom stereocenters. The zero-order chi connectivity index (χ0) is 19.2. The Hall–Kier alpha value is -1.71. The van der Waals surface area contributed by atoms with E-state index < -0.39 is 0 Å². The van der Waals surface area contributed by atoms with Crippen molar-refractivity contribution in [3.8, 4) is 0 Å². The van der Waals surface area contributed by atoms with Crippen LogP contribution < -0.4 is 11.1 Å². The molecule has 0 aliphatic carbocycles. The van der Waals surface area contributed by atoms with Crippen LogP contribution in [0, 0.1) is 0 Å². The Labute approximate surface area is 187 Å². The normalized spacial score (nSPS) is 13.9. The highest BCUT2D eigenvalue weighted by Crippen LogP contribution is 2.16. The van der Waals surface area contributed by atoms with Crippen LogP contribution in [0.25, 0.3) is 0 Å². The Kier molecular flexibility index (Phi) is 10.6. The third-order valence-corrected chi connectivity index (χ3v) is 5.52. The number of halogens is 2. The lowest BCUT2D eigenvalue weighted by molar-refractivity contribution is -0.117. The first-order valence-corrected chi connectivity index (χ1v) is 10.0. The summed E-state index contributed by atoms with van der Waals surface area (Å²) in [7, 11) is 0. The summed E-state index contributed by atoms with van der Waals surface area (Å²) in [6.45, 7) is 5.27. The lowest BCUT2D eigenvalue weighted by atomic mass is 10.1. The number of piperazine rings is 1. The SMILES string of the molecule is CCc1ccccc1NC(=O)CN1CCN(C(=O)c2csc(CN)n2)CC1.Cl.Cl. The smallest absolute Gasteiger partial charge is 0.273 e. The molecule has 10 heteroatoms. The minimum absolute atomic E-state index is 0. The van der Waals surface area contributed by atoms with E-state index in [0.717, 1.165) is 22.7 Å². The van der Waals surface area contributed by atoms with Crippen LogP contribution in [-0.2, 0) is 17.8 Å². The van der Waals surface area contributed by atoms with Gasteiger partial charge in [0.1, 0.15) is 10.7 Å². The molecule has 3 rings (SSSR count). The molecule has 0 radical (unpaired) electrons. The van der Waals surface area contributed by atoms with Gasteiger partial charge < -0.3 is 16.0 Å². The number of hydrogen-bond donors (Lipinski definition) is 2. The Morgan fingerprint density at radius 1 is 1.17 bits per heavy atom. The van der Waals surface area contributed by atoms with Crippen molar-refractivity contribution in [3.63, 3.8) is 0 Å². The Bertz CT molecular complexity index is 809. The third-order valence-electron chi connectivity index (χ3n) is 4.64. The Morgan fingerprint density at radius 3 is 2.48 bits per heavy atom. The first-order chi connectivity index (χ1) is 13.1. The van der Waals surface area contributed by atoms with Crippen LogP contribution >= 0.6 is 36.2 Å². The van der Waals surface area contributed by atoms with Gasteiger partial charge in [0.2, 0.25) is 5.91 Å². The second kappa shape index (κ2) is 12.1. The zero-order valence-corrected chi connectivity index (χ0v) is 18.7. The van der Waals surface area contributed by atoms with E-state index in [-0.39, 0.29) is 36.6 Å². The number of aromatic nitrogens is 1. The van der Waals surface area contributed by atoms with E-state index in [2.05, 4.69) is 22.1 Å². The average Bonchev–Trinajstić information content (AvgIpc) is 3.17. The van der Waals surface area contributed by atoms with E-state index in [4.69, 9.17) is 5.73 Å². The van der Waals surface area contributed by atoms with Crippen molar-refractivity contribution in [2.75, 3.05) is 38.0 Å². The van der Waals surface area contributed by atoms with E-state index >= 15 is 0 Å². The van der Waals surface area contributed by atoms with Gasteiger partial charge in [0.25, 0.3) is 5.91 Å². The Balaban J connectivity index is 0.00000210. The van der Waals surface area contributed by atoms with Crippen LogP contribution in [0.5, 0.6) is 0 Å². The van der Waals surface area contributed by atoms with E-state index in [1.54, 1.807) is 10.3 Å². The number of anilines is 1. The van der Waals surface area contributed by atoms with Gasteiger partial charge in [-0.05, 0) is 18.1 Å². The minimum Gasteiger partial charge on any atom is -0.335 e. The van der Waals surface area contributed by atoms with Crippen LogP contribution in [0.1, 0.15) is 28.0 Å². The van der Waals surface area contributed by atoms with Gasteiger partial charge >= 0.3 is 0 Å². The summed E-state index contributed by atoms with van der Waals surface area (Å²) in [4.78, 5) is 33.0. The fourth-order valence-electron chi connectivity index (χ4n) is 3.12. The molecular formula is C19H27Cl2N5O2S. The van der Waals surface area contributed by atoms with Gasteiger partial charge in [0.05, 0.1) is 6.54 Å². The van der Waals surface area contributed by atoms with Crippen LogP contribution in [0.15, 0.2) is 29.6 Å². The molecule has 0 unspecified atom stereocenters. The minimum atomic E-state index is -0.0630. The van der Waals surface area contributed by atoms with Gasteiger partial charge in [-0.2, -0.15) is 0 Å². The average molecular weight is 460 g/mol. The van der Waals surface area contributed by atoms with Crippen LogP contribution in [-0.4, -0.2) is 59.3 Å². The van der Waals surface area contributed by atoms with Gasteiger partial charge in [-0.15, -0.1) is 36.2 Å². The molecule has 2 aromatic rings. The maximum Gasteiger partial charge on any atom is 0.273 e. The maximum atomic E-state index is 12.5. The molecule has 7 nitrogen and oxygen atoms in total. The molecule has 1 aromatic carbocycles. The predicted octanol–water partition coefficient (Wildman–Crippen LogP) is 2.40. The van der Waals surface area contributed by atoms with Gasteiger partial charge in [0.15, 0.2) is 0 Å². The molecule has 0 saturated carbocycles. The number of nitrogens with two attached hydrogens (primary N) is 1. The highest BCUT2D eigenvalue weighted by molar-refractivity contribution is 7.09. The quantitative estimate of drug-likeness (QED) is 0.691. The first-order valence-electron chi connectivity index (χ1n) is 9.14. The van der Waals surface area contributed by atoms with Crippen LogP contribution in [0.3, 0.4) is 0 Å². The lowest BCUT2D eigenvalue weighted by Crippen LogP contribution is -2.50. The number of nitrogens with zero attached hydrogens (tertiary/aromatic N) is 3. The summed E-state index contributed by atoms with van der Waals surface area (Å²) in [5.74, 6) is -0.0882. The number of carbonyl (C=O) groups is 2. The third kappa shape index (κ3) is 6.65. The van der Waals surface area contributed by atoms with Crippen LogP contribution in [0.4, 0.5) is 5.69 Å². The van der Waals surface area contributed by atoms with E-state index in [9.17, 15) is 9.59 Å². The number of carbonyl (C=O) groups excluding carboxylic acids is 2. The van der Waals surface area contributed by atoms with Crippen molar-refractivity contribution in [1.29, 1.82) is 0 Å². The summed E-state index contributed by atoms with van der Waals surface area (Å²) < 4.78 is 0. The molecule has 0 bridgehead atoms. The number of amides is 2. The molecule has 1 aliphatic heterocycles. The summed E-state index contributed by atoms with van der Waals surface area (Å²) in [5, 5.41) is 5.52. The lowest BCUT2D eigenvalue weighted by Gasteiger charge is -2.34. The number of thiazole rings is 1.